The van der Waals surface area contributed by atoms with Crippen molar-refractivity contribution in [3.63, 3.8) is 0 Å². The van der Waals surface area contributed by atoms with Crippen LogP contribution >= 0.6 is 24.4 Å². The van der Waals surface area contributed by atoms with Crippen LogP contribution in [0.1, 0.15) is 27.8 Å². The van der Waals surface area contributed by atoms with E-state index in [1.54, 1.807) is 0 Å². The van der Waals surface area contributed by atoms with Crippen molar-refractivity contribution in [2.45, 2.75) is 27.0 Å². The highest BCUT2D eigenvalue weighted by Crippen LogP contribution is 2.63. The lowest BCUT2D eigenvalue weighted by Crippen LogP contribution is -2.32. The van der Waals surface area contributed by atoms with E-state index in [0.29, 0.717) is 0 Å². The number of benzene rings is 6. The fraction of sp³-hybridized carbons (Fsp3) is 0.0588. The van der Waals surface area contributed by atoms with Gasteiger partial charge in [0.2, 0.25) is 0 Å². The minimum Gasteiger partial charge on any atom is -0.143 e. The molecule has 2 aliphatic rings. The first-order valence-corrected chi connectivity index (χ1v) is 13.6. The van der Waals surface area contributed by atoms with E-state index in [1.165, 1.54) is 70.3 Å². The Labute approximate surface area is 220 Å². The molecule has 0 saturated carbocycles. The molecule has 6 aromatic rings. The third-order valence-electron chi connectivity index (χ3n) is 8.04. The second-order valence-corrected chi connectivity index (χ2v) is 11.5. The lowest BCUT2D eigenvalue weighted by atomic mass is 9.66. The van der Waals surface area contributed by atoms with Gasteiger partial charge in [-0.25, -0.2) is 0 Å². The molecular weight excluding hydrogens is 473 g/mol. The largest absolute Gasteiger partial charge is 0.143 e. The van der Waals surface area contributed by atoms with Crippen molar-refractivity contribution in [3.05, 3.63) is 137 Å². The summed E-state index contributed by atoms with van der Waals surface area (Å²) in [4.78, 5) is 3.72. The molecule has 6 aromatic carbocycles. The van der Waals surface area contributed by atoms with Gasteiger partial charge in [-0.15, -0.1) is 12.6 Å². The summed E-state index contributed by atoms with van der Waals surface area (Å²) < 4.78 is 0. The molecule has 1 heterocycles. The van der Waals surface area contributed by atoms with E-state index < -0.39 is 0 Å². The molecule has 0 fully saturated rings. The summed E-state index contributed by atoms with van der Waals surface area (Å²) in [5.41, 5.74) is 9.15. The molecular formula is C34H22S2. The minimum atomic E-state index is -0.351. The summed E-state index contributed by atoms with van der Waals surface area (Å²) in [5, 5.41) is 5.17. The first-order valence-electron chi connectivity index (χ1n) is 12.3. The molecule has 8 rings (SSSR count). The molecule has 1 aliphatic heterocycles. The third kappa shape index (κ3) is 2.53. The highest BCUT2D eigenvalue weighted by Gasteiger charge is 2.50. The highest BCUT2D eigenvalue weighted by molar-refractivity contribution is 8.00. The maximum absolute atomic E-state index is 4.64. The van der Waals surface area contributed by atoms with E-state index in [1.807, 2.05) is 11.8 Å². The number of rotatable bonds is 0. The van der Waals surface area contributed by atoms with Gasteiger partial charge in [0, 0.05) is 14.7 Å². The van der Waals surface area contributed by atoms with Crippen LogP contribution in [0.2, 0.25) is 0 Å². The van der Waals surface area contributed by atoms with Gasteiger partial charge in [-0.1, -0.05) is 114 Å². The number of hydrogen-bond donors (Lipinski definition) is 1. The second kappa shape index (κ2) is 7.29. The van der Waals surface area contributed by atoms with Gasteiger partial charge in [0.25, 0.3) is 0 Å². The molecule has 0 bridgehead atoms. The van der Waals surface area contributed by atoms with Crippen LogP contribution in [-0.2, 0) is 5.41 Å². The molecule has 0 N–H and O–H groups in total. The maximum atomic E-state index is 4.64. The monoisotopic (exact) mass is 494 g/mol. The summed E-state index contributed by atoms with van der Waals surface area (Å²) in [6, 6.07) is 40.8. The number of aryl methyl sites for hydroxylation is 1. The van der Waals surface area contributed by atoms with Crippen molar-refractivity contribution >= 4 is 45.9 Å². The maximum Gasteiger partial charge on any atom is 0.0735 e. The van der Waals surface area contributed by atoms with Gasteiger partial charge in [0.05, 0.1) is 5.41 Å². The molecule has 0 radical (unpaired) electrons. The van der Waals surface area contributed by atoms with Crippen LogP contribution in [0.5, 0.6) is 0 Å². The topological polar surface area (TPSA) is 0 Å². The van der Waals surface area contributed by atoms with Gasteiger partial charge >= 0.3 is 0 Å². The lowest BCUT2D eigenvalue weighted by molar-refractivity contribution is 0.729. The fourth-order valence-corrected chi connectivity index (χ4v) is 8.25. The van der Waals surface area contributed by atoms with Crippen LogP contribution in [0, 0.1) is 6.92 Å². The molecule has 0 saturated heterocycles. The van der Waals surface area contributed by atoms with Crippen LogP contribution in [0.3, 0.4) is 0 Å². The second-order valence-electron chi connectivity index (χ2n) is 9.96. The molecule has 170 valence electrons. The van der Waals surface area contributed by atoms with Gasteiger partial charge in [-0.05, 0) is 74.0 Å². The SMILES string of the molecule is Cc1ccc2c3c(ccc2c1)C1(c2ccccc2-c2ccccc21)c1ccc2cc(S)ccc2c1S3. The molecule has 0 unspecified atom stereocenters. The smallest absolute Gasteiger partial charge is 0.0735 e. The Hall–Kier alpha value is -3.46. The fourth-order valence-electron chi connectivity index (χ4n) is 6.58. The van der Waals surface area contributed by atoms with Crippen molar-refractivity contribution in [1.29, 1.82) is 0 Å². The van der Waals surface area contributed by atoms with E-state index in [9.17, 15) is 0 Å². The van der Waals surface area contributed by atoms with Crippen LogP contribution in [-0.4, -0.2) is 0 Å². The van der Waals surface area contributed by atoms with Gasteiger partial charge in [0.15, 0.2) is 0 Å². The molecule has 0 amide bonds. The number of fused-ring (bicyclic) bond motifs is 13. The molecule has 0 atom stereocenters. The van der Waals surface area contributed by atoms with E-state index in [2.05, 4.69) is 129 Å². The molecule has 0 aromatic heterocycles. The number of hydrogen-bond acceptors (Lipinski definition) is 2. The Kier molecular flexibility index (Phi) is 4.19. The van der Waals surface area contributed by atoms with E-state index in [-0.39, 0.29) is 5.41 Å². The Balaban J connectivity index is 1.61. The van der Waals surface area contributed by atoms with Gasteiger partial charge in [-0.3, -0.25) is 0 Å². The first kappa shape index (κ1) is 20.7. The quantitative estimate of drug-likeness (QED) is 0.205. The standard InChI is InChI=1S/C34H22S2/c1-20-10-14-24-21(18-20)11-16-30-32(24)36-33-25-15-13-23(35)19-22(25)12-17-31(33)34(30)28-8-4-2-6-26(28)27-7-3-5-9-29(27)34/h2-19,35H,1H3. The van der Waals surface area contributed by atoms with E-state index in [0.717, 1.165) is 4.90 Å². The third-order valence-corrected chi connectivity index (χ3v) is 9.61. The minimum absolute atomic E-state index is 0.351. The van der Waals surface area contributed by atoms with Crippen molar-refractivity contribution in [1.82, 2.24) is 0 Å². The molecule has 36 heavy (non-hydrogen) atoms. The van der Waals surface area contributed by atoms with E-state index >= 15 is 0 Å². The van der Waals surface area contributed by atoms with Crippen LogP contribution in [0.15, 0.2) is 124 Å². The van der Waals surface area contributed by atoms with Crippen LogP contribution < -0.4 is 0 Å². The summed E-state index contributed by atoms with van der Waals surface area (Å²) in [6.07, 6.45) is 0. The highest BCUT2D eigenvalue weighted by atomic mass is 32.2. The predicted octanol–water partition coefficient (Wildman–Crippen LogP) is 9.42. The zero-order valence-electron chi connectivity index (χ0n) is 19.7. The van der Waals surface area contributed by atoms with Crippen molar-refractivity contribution in [2.24, 2.45) is 0 Å². The normalized spacial score (nSPS) is 14.5. The van der Waals surface area contributed by atoms with Gasteiger partial charge in [-0.2, -0.15) is 0 Å². The van der Waals surface area contributed by atoms with Crippen LogP contribution in [0.4, 0.5) is 0 Å². The van der Waals surface area contributed by atoms with Crippen LogP contribution in [0.25, 0.3) is 32.7 Å². The molecule has 1 spiro atoms. The summed E-state index contributed by atoms with van der Waals surface area (Å²) in [7, 11) is 0. The van der Waals surface area contributed by atoms with E-state index in [4.69, 9.17) is 0 Å². The zero-order chi connectivity index (χ0) is 24.0. The van der Waals surface area contributed by atoms with Gasteiger partial charge in [0.1, 0.15) is 0 Å². The zero-order valence-corrected chi connectivity index (χ0v) is 21.5. The predicted molar refractivity (Wildman–Crippen MR) is 155 cm³/mol. The molecule has 0 nitrogen and oxygen atoms in total. The Bertz CT molecular complexity index is 1760. The summed E-state index contributed by atoms with van der Waals surface area (Å²) in [6.45, 7) is 2.18. The summed E-state index contributed by atoms with van der Waals surface area (Å²) >= 11 is 6.58. The average molecular weight is 495 g/mol. The Morgan fingerprint density at radius 3 is 1.75 bits per heavy atom. The number of thiol groups is 1. The first-order chi connectivity index (χ1) is 17.7. The van der Waals surface area contributed by atoms with Crippen molar-refractivity contribution < 1.29 is 0 Å². The Morgan fingerprint density at radius 1 is 0.556 bits per heavy atom. The molecule has 1 aliphatic carbocycles. The van der Waals surface area contributed by atoms with Gasteiger partial charge < -0.3 is 0 Å². The average Bonchev–Trinajstić information content (AvgIpc) is 3.19. The lowest BCUT2D eigenvalue weighted by Gasteiger charge is -2.40. The summed E-state index contributed by atoms with van der Waals surface area (Å²) in [5.74, 6) is 0. The van der Waals surface area contributed by atoms with Crippen molar-refractivity contribution in [3.8, 4) is 11.1 Å². The molecule has 2 heteroatoms. The van der Waals surface area contributed by atoms with Crippen molar-refractivity contribution in [2.75, 3.05) is 0 Å². The Morgan fingerprint density at radius 2 is 1.11 bits per heavy atom.